The van der Waals surface area contributed by atoms with Crippen LogP contribution in [0.3, 0.4) is 0 Å². The number of halogens is 1. The molecule has 8 nitrogen and oxygen atoms in total. The second-order valence-electron chi connectivity index (χ2n) is 6.89. The SMILES string of the molecule is COc1cc(C2C(C(C)=O)=C(C)Nc3nnnn32)ccc1OCc1ccc(Br)cc1. The summed E-state index contributed by atoms with van der Waals surface area (Å²) in [6.07, 6.45) is 0. The number of ether oxygens (including phenoxy) is 2. The maximum atomic E-state index is 12.4. The van der Waals surface area contributed by atoms with E-state index in [-0.39, 0.29) is 5.78 Å². The number of ketones is 1. The van der Waals surface area contributed by atoms with Gasteiger partial charge in [0.2, 0.25) is 5.95 Å². The van der Waals surface area contributed by atoms with Gasteiger partial charge in [-0.1, -0.05) is 39.2 Å². The van der Waals surface area contributed by atoms with E-state index in [1.807, 2.05) is 49.4 Å². The summed E-state index contributed by atoms with van der Waals surface area (Å²) in [5.41, 5.74) is 3.19. The number of anilines is 1. The van der Waals surface area contributed by atoms with E-state index in [4.69, 9.17) is 9.47 Å². The molecule has 154 valence electrons. The zero-order valence-electron chi connectivity index (χ0n) is 16.7. The summed E-state index contributed by atoms with van der Waals surface area (Å²) in [7, 11) is 1.59. The fourth-order valence-corrected chi connectivity index (χ4v) is 3.76. The number of allylic oxidation sites excluding steroid dienone is 2. The number of fused-ring (bicyclic) bond motifs is 1. The number of hydrogen-bond acceptors (Lipinski definition) is 7. The molecular formula is C21H20BrN5O3. The van der Waals surface area contributed by atoms with Crippen LogP contribution in [0.1, 0.15) is 31.0 Å². The predicted octanol–water partition coefficient (Wildman–Crippen LogP) is 3.90. The third-order valence-corrected chi connectivity index (χ3v) is 5.43. The van der Waals surface area contributed by atoms with E-state index in [0.29, 0.717) is 29.6 Å². The molecule has 0 bridgehead atoms. The number of carbonyl (C=O) groups is 1. The number of nitrogens with one attached hydrogen (secondary N) is 1. The van der Waals surface area contributed by atoms with Gasteiger partial charge in [0.25, 0.3) is 0 Å². The van der Waals surface area contributed by atoms with Crippen LogP contribution >= 0.6 is 15.9 Å². The van der Waals surface area contributed by atoms with Gasteiger partial charge in [-0.2, -0.15) is 4.68 Å². The van der Waals surface area contributed by atoms with Crippen molar-refractivity contribution in [3.63, 3.8) is 0 Å². The van der Waals surface area contributed by atoms with E-state index in [2.05, 4.69) is 36.8 Å². The topological polar surface area (TPSA) is 91.2 Å². The van der Waals surface area contributed by atoms with Crippen LogP contribution in [0.2, 0.25) is 0 Å². The second-order valence-corrected chi connectivity index (χ2v) is 7.81. The van der Waals surface area contributed by atoms with Gasteiger partial charge in [-0.25, -0.2) is 0 Å². The molecule has 9 heteroatoms. The Hall–Kier alpha value is -3.20. The molecule has 1 aliphatic heterocycles. The molecule has 1 aromatic heterocycles. The lowest BCUT2D eigenvalue weighted by Crippen LogP contribution is -2.27. The van der Waals surface area contributed by atoms with Gasteiger partial charge in [0.05, 0.1) is 7.11 Å². The monoisotopic (exact) mass is 469 g/mol. The van der Waals surface area contributed by atoms with Crippen molar-refractivity contribution in [1.29, 1.82) is 0 Å². The number of carbonyl (C=O) groups excluding carboxylic acids is 1. The smallest absolute Gasteiger partial charge is 0.248 e. The maximum Gasteiger partial charge on any atom is 0.248 e. The zero-order chi connectivity index (χ0) is 21.3. The number of methoxy groups -OCH3 is 1. The molecule has 2 heterocycles. The fourth-order valence-electron chi connectivity index (χ4n) is 3.49. The zero-order valence-corrected chi connectivity index (χ0v) is 18.3. The van der Waals surface area contributed by atoms with Gasteiger partial charge in [0.1, 0.15) is 12.6 Å². The van der Waals surface area contributed by atoms with Crippen molar-refractivity contribution in [2.45, 2.75) is 26.5 Å². The lowest BCUT2D eigenvalue weighted by molar-refractivity contribution is -0.114. The highest BCUT2D eigenvalue weighted by molar-refractivity contribution is 9.10. The number of hydrogen-bond donors (Lipinski definition) is 1. The van der Waals surface area contributed by atoms with Gasteiger partial charge < -0.3 is 14.8 Å². The summed E-state index contributed by atoms with van der Waals surface area (Å²) in [6.45, 7) is 3.79. The molecule has 0 amide bonds. The van der Waals surface area contributed by atoms with Crippen LogP contribution in [0.5, 0.6) is 11.5 Å². The lowest BCUT2D eigenvalue weighted by Gasteiger charge is -2.27. The third kappa shape index (κ3) is 3.80. The standard InChI is InChI=1S/C21H20BrN5O3/c1-12-19(13(2)28)20(27-21(23-12)24-25-26-27)15-6-9-17(18(10-15)29-3)30-11-14-4-7-16(22)8-5-14/h4-10,20H,11H2,1-3H3,(H,23,24,26). The highest BCUT2D eigenvalue weighted by Crippen LogP contribution is 2.38. The Balaban J connectivity index is 1.66. The molecular weight excluding hydrogens is 450 g/mol. The van der Waals surface area contributed by atoms with E-state index in [9.17, 15) is 4.79 Å². The molecule has 1 aliphatic rings. The first-order valence-electron chi connectivity index (χ1n) is 9.29. The first-order valence-corrected chi connectivity index (χ1v) is 10.1. The van der Waals surface area contributed by atoms with Gasteiger partial charge in [0.15, 0.2) is 17.3 Å². The summed E-state index contributed by atoms with van der Waals surface area (Å²) in [6, 6.07) is 13.1. The van der Waals surface area contributed by atoms with Crippen molar-refractivity contribution < 1.29 is 14.3 Å². The Labute approximate surface area is 182 Å². The molecule has 4 rings (SSSR count). The van der Waals surface area contributed by atoms with E-state index >= 15 is 0 Å². The summed E-state index contributed by atoms with van der Waals surface area (Å²) >= 11 is 3.43. The molecule has 0 saturated heterocycles. The molecule has 0 saturated carbocycles. The highest BCUT2D eigenvalue weighted by Gasteiger charge is 2.32. The number of tetrazole rings is 1. The number of nitrogens with zero attached hydrogens (tertiary/aromatic N) is 4. The van der Waals surface area contributed by atoms with E-state index < -0.39 is 6.04 Å². The molecule has 0 radical (unpaired) electrons. The van der Waals surface area contributed by atoms with Crippen molar-refractivity contribution in [1.82, 2.24) is 20.2 Å². The average molecular weight is 470 g/mol. The van der Waals surface area contributed by atoms with E-state index in [0.717, 1.165) is 21.3 Å². The normalized spacial score (nSPS) is 15.4. The summed E-state index contributed by atoms with van der Waals surface area (Å²) in [4.78, 5) is 12.4. The Kier molecular flexibility index (Phi) is 5.54. The first kappa shape index (κ1) is 20.1. The van der Waals surface area contributed by atoms with Crippen molar-refractivity contribution in [2.75, 3.05) is 12.4 Å². The van der Waals surface area contributed by atoms with Gasteiger partial charge in [-0.15, -0.1) is 0 Å². The predicted molar refractivity (Wildman–Crippen MR) is 114 cm³/mol. The molecule has 1 N–H and O–H groups in total. The molecule has 3 aromatic rings. The number of Topliss-reactive ketones (excluding diaryl/α,β-unsaturated/α-hetero) is 1. The number of rotatable bonds is 6. The van der Waals surface area contributed by atoms with Crippen molar-refractivity contribution >= 4 is 27.7 Å². The summed E-state index contributed by atoms with van der Waals surface area (Å²) in [5.74, 6) is 1.61. The molecule has 30 heavy (non-hydrogen) atoms. The Morgan fingerprint density at radius 3 is 2.67 bits per heavy atom. The van der Waals surface area contributed by atoms with Crippen molar-refractivity contribution in [3.8, 4) is 11.5 Å². The fraction of sp³-hybridized carbons (Fsp3) is 0.238. The minimum Gasteiger partial charge on any atom is -0.493 e. The van der Waals surface area contributed by atoms with Crippen LogP contribution in [0.4, 0.5) is 5.95 Å². The van der Waals surface area contributed by atoms with Crippen LogP contribution in [0, 0.1) is 0 Å². The minimum absolute atomic E-state index is 0.0549. The Morgan fingerprint density at radius 2 is 1.97 bits per heavy atom. The highest BCUT2D eigenvalue weighted by atomic mass is 79.9. The molecule has 0 spiro atoms. The van der Waals surface area contributed by atoms with E-state index in [1.165, 1.54) is 6.92 Å². The van der Waals surface area contributed by atoms with Crippen LogP contribution < -0.4 is 14.8 Å². The third-order valence-electron chi connectivity index (χ3n) is 4.90. The first-order chi connectivity index (χ1) is 14.5. The number of benzene rings is 2. The van der Waals surface area contributed by atoms with Gasteiger partial charge in [-0.3, -0.25) is 4.79 Å². The van der Waals surface area contributed by atoms with Gasteiger partial charge in [-0.05, 0) is 59.7 Å². The second kappa shape index (κ2) is 8.27. The molecule has 2 aromatic carbocycles. The molecule has 1 atom stereocenters. The van der Waals surface area contributed by atoms with Crippen LogP contribution in [0.25, 0.3) is 0 Å². The van der Waals surface area contributed by atoms with Crippen LogP contribution in [-0.2, 0) is 11.4 Å². The van der Waals surface area contributed by atoms with Crippen molar-refractivity contribution in [2.24, 2.45) is 0 Å². The molecule has 0 fully saturated rings. The largest absolute Gasteiger partial charge is 0.493 e. The van der Waals surface area contributed by atoms with E-state index in [1.54, 1.807) is 11.8 Å². The van der Waals surface area contributed by atoms with Crippen LogP contribution in [-0.4, -0.2) is 33.1 Å². The molecule has 1 unspecified atom stereocenters. The minimum atomic E-state index is -0.455. The quantitative estimate of drug-likeness (QED) is 0.584. The van der Waals surface area contributed by atoms with Crippen molar-refractivity contribution in [3.05, 3.63) is 69.3 Å². The van der Waals surface area contributed by atoms with Gasteiger partial charge in [0, 0.05) is 15.7 Å². The van der Waals surface area contributed by atoms with Crippen LogP contribution in [0.15, 0.2) is 58.2 Å². The Morgan fingerprint density at radius 1 is 1.20 bits per heavy atom. The van der Waals surface area contributed by atoms with Gasteiger partial charge >= 0.3 is 0 Å². The Bertz CT molecular complexity index is 1120. The average Bonchev–Trinajstić information content (AvgIpc) is 3.20. The maximum absolute atomic E-state index is 12.4. The number of aromatic nitrogens is 4. The lowest BCUT2D eigenvalue weighted by atomic mass is 9.93. The molecule has 0 aliphatic carbocycles. The summed E-state index contributed by atoms with van der Waals surface area (Å²) < 4.78 is 14.1. The summed E-state index contributed by atoms with van der Waals surface area (Å²) in [5, 5.41) is 14.9.